The molecular formula is C20H21ClN6. The van der Waals surface area contributed by atoms with Crippen molar-refractivity contribution in [1.29, 1.82) is 0 Å². The molecular weight excluding hydrogens is 360 g/mol. The number of hydrogen-bond acceptors (Lipinski definition) is 4. The van der Waals surface area contributed by atoms with Gasteiger partial charge in [-0.15, -0.1) is 0 Å². The number of halogens is 1. The summed E-state index contributed by atoms with van der Waals surface area (Å²) in [5.41, 5.74) is 4.92. The molecule has 3 heterocycles. The molecule has 0 bridgehead atoms. The maximum Gasteiger partial charge on any atom is 0.159 e. The minimum Gasteiger partial charge on any atom is -0.366 e. The Bertz CT molecular complexity index is 1130. The third-order valence-corrected chi connectivity index (χ3v) is 5.61. The van der Waals surface area contributed by atoms with E-state index in [0.717, 1.165) is 53.1 Å². The lowest BCUT2D eigenvalue weighted by molar-refractivity contribution is 0.275. The van der Waals surface area contributed by atoms with E-state index in [1.165, 1.54) is 5.69 Å². The fourth-order valence-electron chi connectivity index (χ4n) is 3.98. The van der Waals surface area contributed by atoms with E-state index >= 15 is 0 Å². The van der Waals surface area contributed by atoms with Gasteiger partial charge in [0.25, 0.3) is 0 Å². The maximum atomic E-state index is 6.07. The predicted octanol–water partition coefficient (Wildman–Crippen LogP) is 3.90. The molecule has 1 aliphatic rings. The normalized spacial score (nSPS) is 18.6. The summed E-state index contributed by atoms with van der Waals surface area (Å²) in [7, 11) is 2.18. The zero-order valence-corrected chi connectivity index (χ0v) is 16.1. The Morgan fingerprint density at radius 2 is 2.00 bits per heavy atom. The molecule has 27 heavy (non-hydrogen) atoms. The van der Waals surface area contributed by atoms with Gasteiger partial charge in [0.2, 0.25) is 0 Å². The first kappa shape index (κ1) is 16.6. The Kier molecular flexibility index (Phi) is 3.84. The van der Waals surface area contributed by atoms with Crippen LogP contribution in [-0.2, 0) is 0 Å². The molecule has 1 saturated heterocycles. The molecule has 7 heteroatoms. The second-order valence-electron chi connectivity index (χ2n) is 7.35. The van der Waals surface area contributed by atoms with Crippen molar-refractivity contribution in [2.24, 2.45) is 0 Å². The molecule has 0 amide bonds. The quantitative estimate of drug-likeness (QED) is 0.553. The number of likely N-dealkylation sites (N-methyl/N-ethyl adjacent to an activating group) is 1. The Balaban J connectivity index is 1.54. The van der Waals surface area contributed by atoms with E-state index in [9.17, 15) is 0 Å². The van der Waals surface area contributed by atoms with Crippen molar-refractivity contribution < 1.29 is 0 Å². The number of nitrogens with one attached hydrogen (secondary N) is 2. The summed E-state index contributed by atoms with van der Waals surface area (Å²) >= 11 is 6.07. The Morgan fingerprint density at radius 1 is 1.11 bits per heavy atom. The highest BCUT2D eigenvalue weighted by Crippen LogP contribution is 2.30. The van der Waals surface area contributed by atoms with E-state index in [1.54, 1.807) is 0 Å². The molecule has 138 valence electrons. The fourth-order valence-corrected chi connectivity index (χ4v) is 4.16. The third kappa shape index (κ3) is 2.85. The van der Waals surface area contributed by atoms with Crippen molar-refractivity contribution in [3.05, 3.63) is 41.4 Å². The molecule has 0 aliphatic carbocycles. The summed E-state index contributed by atoms with van der Waals surface area (Å²) in [5.74, 6) is 0.766. The van der Waals surface area contributed by atoms with E-state index in [-0.39, 0.29) is 0 Å². The van der Waals surface area contributed by atoms with Crippen LogP contribution >= 0.6 is 11.6 Å². The topological polar surface area (TPSA) is 63.8 Å². The van der Waals surface area contributed by atoms with Crippen LogP contribution in [0, 0.1) is 0 Å². The van der Waals surface area contributed by atoms with E-state index in [4.69, 9.17) is 16.6 Å². The molecule has 1 atom stereocenters. The highest BCUT2D eigenvalue weighted by atomic mass is 35.5. The van der Waals surface area contributed by atoms with Crippen molar-refractivity contribution in [1.82, 2.24) is 25.1 Å². The standard InChI is InChI=1S/C20H21ClN6/c1-12-11-26(2)7-8-27(12)14-4-6-16-18(10-14)23-20(22-16)19-15-5-3-13(21)9-17(15)24-25-19/h3-6,9-10,12H,7-8,11H2,1-2H3,(H,22,23)(H,24,25)/t12-/m0/s1. The number of imidazole rings is 1. The van der Waals surface area contributed by atoms with Crippen LogP contribution in [0.15, 0.2) is 36.4 Å². The van der Waals surface area contributed by atoms with Crippen molar-refractivity contribution in [3.8, 4) is 11.5 Å². The average Bonchev–Trinajstić information content (AvgIpc) is 3.24. The number of fused-ring (bicyclic) bond motifs is 2. The van der Waals surface area contributed by atoms with Crippen molar-refractivity contribution in [3.63, 3.8) is 0 Å². The van der Waals surface area contributed by atoms with Gasteiger partial charge in [-0.2, -0.15) is 5.10 Å². The number of nitrogens with zero attached hydrogens (tertiary/aromatic N) is 4. The molecule has 0 spiro atoms. The van der Waals surface area contributed by atoms with Gasteiger partial charge >= 0.3 is 0 Å². The lowest BCUT2D eigenvalue weighted by Gasteiger charge is -2.39. The predicted molar refractivity (Wildman–Crippen MR) is 110 cm³/mol. The third-order valence-electron chi connectivity index (χ3n) is 5.38. The van der Waals surface area contributed by atoms with Crippen molar-refractivity contribution in [2.75, 3.05) is 31.6 Å². The van der Waals surface area contributed by atoms with Gasteiger partial charge in [-0.1, -0.05) is 11.6 Å². The van der Waals surface area contributed by atoms with Crippen LogP contribution in [0.25, 0.3) is 33.5 Å². The second-order valence-corrected chi connectivity index (χ2v) is 7.79. The van der Waals surface area contributed by atoms with Crippen LogP contribution in [0.5, 0.6) is 0 Å². The molecule has 1 fully saturated rings. The van der Waals surface area contributed by atoms with Crippen LogP contribution in [0.2, 0.25) is 5.02 Å². The molecule has 2 N–H and O–H groups in total. The van der Waals surface area contributed by atoms with E-state index in [0.29, 0.717) is 11.1 Å². The molecule has 0 saturated carbocycles. The smallest absolute Gasteiger partial charge is 0.159 e. The van der Waals surface area contributed by atoms with Crippen LogP contribution in [0.3, 0.4) is 0 Å². The summed E-state index contributed by atoms with van der Waals surface area (Å²) in [5, 5.41) is 9.17. The average molecular weight is 381 g/mol. The summed E-state index contributed by atoms with van der Waals surface area (Å²) in [4.78, 5) is 13.0. The molecule has 0 unspecified atom stereocenters. The van der Waals surface area contributed by atoms with Gasteiger partial charge in [-0.3, -0.25) is 5.10 Å². The first-order valence-electron chi connectivity index (χ1n) is 9.17. The highest BCUT2D eigenvalue weighted by molar-refractivity contribution is 6.31. The van der Waals surface area contributed by atoms with Gasteiger partial charge in [0.15, 0.2) is 5.82 Å². The van der Waals surface area contributed by atoms with E-state index in [2.05, 4.69) is 57.2 Å². The zero-order chi connectivity index (χ0) is 18.5. The number of piperazine rings is 1. The molecule has 2 aromatic carbocycles. The number of aromatic nitrogens is 4. The van der Waals surface area contributed by atoms with Crippen molar-refractivity contribution in [2.45, 2.75) is 13.0 Å². The van der Waals surface area contributed by atoms with Crippen LogP contribution in [0.1, 0.15) is 6.92 Å². The summed E-state index contributed by atoms with van der Waals surface area (Å²) < 4.78 is 0. The van der Waals surface area contributed by atoms with Crippen LogP contribution in [-0.4, -0.2) is 57.8 Å². The molecule has 1 aliphatic heterocycles. The number of H-pyrrole nitrogens is 2. The lowest BCUT2D eigenvalue weighted by Crippen LogP contribution is -2.50. The number of hydrogen-bond donors (Lipinski definition) is 2. The van der Waals surface area contributed by atoms with Crippen LogP contribution < -0.4 is 4.90 Å². The van der Waals surface area contributed by atoms with E-state index in [1.807, 2.05) is 18.2 Å². The number of anilines is 1. The molecule has 4 aromatic rings. The first-order chi connectivity index (χ1) is 13.1. The summed E-state index contributed by atoms with van der Waals surface area (Å²) in [6.07, 6.45) is 0. The molecule has 0 radical (unpaired) electrons. The second kappa shape index (κ2) is 6.25. The first-order valence-corrected chi connectivity index (χ1v) is 9.55. The summed E-state index contributed by atoms with van der Waals surface area (Å²) in [6, 6.07) is 12.7. The fraction of sp³-hybridized carbons (Fsp3) is 0.300. The Hall–Kier alpha value is -2.57. The minimum absolute atomic E-state index is 0.489. The Morgan fingerprint density at radius 3 is 2.85 bits per heavy atom. The van der Waals surface area contributed by atoms with Gasteiger partial charge in [0, 0.05) is 41.8 Å². The summed E-state index contributed by atoms with van der Waals surface area (Å²) in [6.45, 7) is 5.47. The zero-order valence-electron chi connectivity index (χ0n) is 15.3. The maximum absolute atomic E-state index is 6.07. The largest absolute Gasteiger partial charge is 0.366 e. The molecule has 6 nitrogen and oxygen atoms in total. The van der Waals surface area contributed by atoms with E-state index < -0.39 is 0 Å². The lowest BCUT2D eigenvalue weighted by atomic mass is 10.1. The van der Waals surface area contributed by atoms with Crippen molar-refractivity contribution >= 4 is 39.2 Å². The highest BCUT2D eigenvalue weighted by Gasteiger charge is 2.22. The van der Waals surface area contributed by atoms with Gasteiger partial charge < -0.3 is 14.8 Å². The SMILES string of the molecule is C[C@H]1CN(C)CCN1c1ccc2nc(-c3n[nH]c4cc(Cl)ccc34)[nH]c2c1. The van der Waals surface area contributed by atoms with Gasteiger partial charge in [-0.25, -0.2) is 4.98 Å². The van der Waals surface area contributed by atoms with Crippen LogP contribution in [0.4, 0.5) is 5.69 Å². The molecule has 2 aromatic heterocycles. The minimum atomic E-state index is 0.489. The van der Waals surface area contributed by atoms with Gasteiger partial charge in [0.05, 0.1) is 16.6 Å². The number of rotatable bonds is 2. The Labute approximate surface area is 162 Å². The van der Waals surface area contributed by atoms with Gasteiger partial charge in [-0.05, 0) is 50.4 Å². The number of aromatic amines is 2. The monoisotopic (exact) mass is 380 g/mol. The molecule has 5 rings (SSSR count). The van der Waals surface area contributed by atoms with Gasteiger partial charge in [0.1, 0.15) is 5.69 Å². The number of benzene rings is 2.